The molecule has 1 aliphatic carbocycles. The first-order valence-corrected chi connectivity index (χ1v) is 7.68. The summed E-state index contributed by atoms with van der Waals surface area (Å²) in [7, 11) is 0. The number of hydrogen-bond donors (Lipinski definition) is 1. The van der Waals surface area contributed by atoms with E-state index in [0.717, 1.165) is 17.9 Å². The van der Waals surface area contributed by atoms with Crippen LogP contribution in [0.4, 0.5) is 0 Å². The molecule has 1 N–H and O–H groups in total. The van der Waals surface area contributed by atoms with Crippen LogP contribution in [0.3, 0.4) is 0 Å². The average Bonchev–Trinajstić information content (AvgIpc) is 2.25. The third-order valence-electron chi connectivity index (χ3n) is 4.71. The van der Waals surface area contributed by atoms with E-state index in [4.69, 9.17) is 0 Å². The number of nitrogens with zero attached hydrogens (tertiary/aromatic N) is 1. The first-order valence-electron chi connectivity index (χ1n) is 7.68. The predicted octanol–water partition coefficient (Wildman–Crippen LogP) is 2.89. The molecular weight excluding hydrogens is 208 g/mol. The summed E-state index contributed by atoms with van der Waals surface area (Å²) in [6.07, 6.45) is 7.12. The molecule has 2 fully saturated rings. The highest BCUT2D eigenvalue weighted by atomic mass is 15.2. The Morgan fingerprint density at radius 2 is 2.06 bits per heavy atom. The molecule has 1 saturated carbocycles. The smallest absolute Gasteiger partial charge is 0.0221 e. The molecule has 2 heteroatoms. The Kier molecular flexibility index (Phi) is 4.87. The van der Waals surface area contributed by atoms with E-state index in [1.807, 2.05) is 0 Å². The maximum atomic E-state index is 3.75. The van der Waals surface area contributed by atoms with Gasteiger partial charge >= 0.3 is 0 Å². The van der Waals surface area contributed by atoms with E-state index < -0.39 is 0 Å². The lowest BCUT2D eigenvalue weighted by Crippen LogP contribution is -2.59. The van der Waals surface area contributed by atoms with Crippen molar-refractivity contribution in [3.8, 4) is 0 Å². The van der Waals surface area contributed by atoms with Crippen LogP contribution in [-0.4, -0.2) is 36.6 Å². The highest BCUT2D eigenvalue weighted by Crippen LogP contribution is 2.29. The lowest BCUT2D eigenvalue weighted by molar-refractivity contribution is 0.0729. The Balaban J connectivity index is 1.88. The average molecular weight is 238 g/mol. The Morgan fingerprint density at radius 3 is 2.59 bits per heavy atom. The van der Waals surface area contributed by atoms with E-state index in [-0.39, 0.29) is 0 Å². The highest BCUT2D eigenvalue weighted by molar-refractivity contribution is 4.89. The molecule has 2 aliphatic rings. The van der Waals surface area contributed by atoms with E-state index in [2.05, 4.69) is 31.0 Å². The minimum absolute atomic E-state index is 0.711. The van der Waals surface area contributed by atoms with E-state index in [1.54, 1.807) is 0 Å². The van der Waals surface area contributed by atoms with Gasteiger partial charge in [0.15, 0.2) is 0 Å². The summed E-state index contributed by atoms with van der Waals surface area (Å²) in [5.74, 6) is 1.78. The summed E-state index contributed by atoms with van der Waals surface area (Å²) in [5.41, 5.74) is 0. The molecule has 0 bridgehead atoms. The molecule has 0 amide bonds. The van der Waals surface area contributed by atoms with Crippen molar-refractivity contribution >= 4 is 0 Å². The van der Waals surface area contributed by atoms with Crippen molar-refractivity contribution in [2.45, 2.75) is 65.0 Å². The second kappa shape index (κ2) is 6.19. The van der Waals surface area contributed by atoms with Gasteiger partial charge in [0.1, 0.15) is 0 Å². The SMILES string of the molecule is CCCC1CNC(C(C)C)CN1CC1CCC1. The van der Waals surface area contributed by atoms with Gasteiger partial charge in [-0.2, -0.15) is 0 Å². The Bertz CT molecular complexity index is 223. The molecule has 1 aliphatic heterocycles. The van der Waals surface area contributed by atoms with Gasteiger partial charge in [0, 0.05) is 31.7 Å². The molecule has 0 radical (unpaired) electrons. The van der Waals surface area contributed by atoms with Crippen molar-refractivity contribution in [2.24, 2.45) is 11.8 Å². The van der Waals surface area contributed by atoms with Crippen LogP contribution in [0.1, 0.15) is 52.9 Å². The summed E-state index contributed by atoms with van der Waals surface area (Å²) in [4.78, 5) is 2.80. The number of piperazine rings is 1. The van der Waals surface area contributed by atoms with E-state index in [0.29, 0.717) is 6.04 Å². The molecule has 1 heterocycles. The summed E-state index contributed by atoms with van der Waals surface area (Å²) in [5, 5.41) is 3.75. The molecule has 0 aromatic heterocycles. The van der Waals surface area contributed by atoms with Gasteiger partial charge in [0.25, 0.3) is 0 Å². The first kappa shape index (κ1) is 13.4. The minimum Gasteiger partial charge on any atom is -0.311 e. The van der Waals surface area contributed by atoms with Crippen LogP contribution in [0.5, 0.6) is 0 Å². The van der Waals surface area contributed by atoms with Crippen LogP contribution >= 0.6 is 0 Å². The van der Waals surface area contributed by atoms with Crippen molar-refractivity contribution in [2.75, 3.05) is 19.6 Å². The van der Waals surface area contributed by atoms with Gasteiger partial charge in [-0.25, -0.2) is 0 Å². The monoisotopic (exact) mass is 238 g/mol. The lowest BCUT2D eigenvalue weighted by Gasteiger charge is -2.44. The fraction of sp³-hybridized carbons (Fsp3) is 1.00. The topological polar surface area (TPSA) is 15.3 Å². The fourth-order valence-electron chi connectivity index (χ4n) is 3.18. The third-order valence-corrected chi connectivity index (χ3v) is 4.71. The fourth-order valence-corrected chi connectivity index (χ4v) is 3.18. The second-order valence-electron chi connectivity index (χ2n) is 6.45. The molecule has 0 aromatic carbocycles. The molecule has 0 spiro atoms. The third kappa shape index (κ3) is 3.45. The molecule has 100 valence electrons. The van der Waals surface area contributed by atoms with Crippen molar-refractivity contribution in [3.63, 3.8) is 0 Å². The van der Waals surface area contributed by atoms with Gasteiger partial charge in [0.05, 0.1) is 0 Å². The molecule has 2 atom stereocenters. The maximum Gasteiger partial charge on any atom is 0.0221 e. The Labute approximate surface area is 107 Å². The quantitative estimate of drug-likeness (QED) is 0.792. The van der Waals surface area contributed by atoms with Gasteiger partial charge in [-0.05, 0) is 31.1 Å². The molecule has 2 nitrogen and oxygen atoms in total. The van der Waals surface area contributed by atoms with Crippen LogP contribution in [0, 0.1) is 11.8 Å². The van der Waals surface area contributed by atoms with Crippen molar-refractivity contribution in [1.82, 2.24) is 10.2 Å². The second-order valence-corrected chi connectivity index (χ2v) is 6.45. The van der Waals surface area contributed by atoms with E-state index in [9.17, 15) is 0 Å². The van der Waals surface area contributed by atoms with Crippen molar-refractivity contribution in [1.29, 1.82) is 0 Å². The Morgan fingerprint density at radius 1 is 1.29 bits per heavy atom. The van der Waals surface area contributed by atoms with Crippen molar-refractivity contribution < 1.29 is 0 Å². The molecule has 2 unspecified atom stereocenters. The van der Waals surface area contributed by atoms with Crippen molar-refractivity contribution in [3.05, 3.63) is 0 Å². The zero-order chi connectivity index (χ0) is 12.3. The van der Waals surface area contributed by atoms with Gasteiger partial charge in [-0.3, -0.25) is 4.90 Å². The van der Waals surface area contributed by atoms with Crippen LogP contribution in [0.25, 0.3) is 0 Å². The predicted molar refractivity (Wildman–Crippen MR) is 74.2 cm³/mol. The lowest BCUT2D eigenvalue weighted by atomic mass is 9.84. The first-order chi connectivity index (χ1) is 8.20. The van der Waals surface area contributed by atoms with E-state index in [1.165, 1.54) is 51.7 Å². The summed E-state index contributed by atoms with van der Waals surface area (Å²) in [6, 6.07) is 1.51. The highest BCUT2D eigenvalue weighted by Gasteiger charge is 2.31. The van der Waals surface area contributed by atoms with Crippen LogP contribution in [0.15, 0.2) is 0 Å². The van der Waals surface area contributed by atoms with Crippen LogP contribution < -0.4 is 5.32 Å². The molecule has 2 rings (SSSR count). The molecule has 0 aromatic rings. The largest absolute Gasteiger partial charge is 0.311 e. The molecule has 1 saturated heterocycles. The number of hydrogen-bond acceptors (Lipinski definition) is 2. The van der Waals surface area contributed by atoms with Crippen LogP contribution in [-0.2, 0) is 0 Å². The maximum absolute atomic E-state index is 3.75. The molecular formula is C15H30N2. The summed E-state index contributed by atoms with van der Waals surface area (Å²) in [6.45, 7) is 10.9. The van der Waals surface area contributed by atoms with Gasteiger partial charge < -0.3 is 5.32 Å². The molecule has 17 heavy (non-hydrogen) atoms. The number of nitrogens with one attached hydrogen (secondary N) is 1. The van der Waals surface area contributed by atoms with Crippen LogP contribution in [0.2, 0.25) is 0 Å². The minimum atomic E-state index is 0.711. The Hall–Kier alpha value is -0.0800. The number of rotatable bonds is 5. The normalized spacial score (nSPS) is 31.8. The van der Waals surface area contributed by atoms with E-state index >= 15 is 0 Å². The summed E-state index contributed by atoms with van der Waals surface area (Å²) < 4.78 is 0. The van der Waals surface area contributed by atoms with Gasteiger partial charge in [0.2, 0.25) is 0 Å². The summed E-state index contributed by atoms with van der Waals surface area (Å²) >= 11 is 0. The van der Waals surface area contributed by atoms with Gasteiger partial charge in [-0.1, -0.05) is 33.6 Å². The zero-order valence-corrected chi connectivity index (χ0v) is 11.9. The van der Waals surface area contributed by atoms with Gasteiger partial charge in [-0.15, -0.1) is 0 Å². The zero-order valence-electron chi connectivity index (χ0n) is 11.9. The standard InChI is InChI=1S/C15H30N2/c1-4-6-14-9-16-15(12(2)3)11-17(14)10-13-7-5-8-13/h12-16H,4-11H2,1-3H3.